The molecule has 0 aliphatic rings. The molecule has 0 fully saturated rings. The fourth-order valence-electron chi connectivity index (χ4n) is 1.24. The number of aromatic nitrogens is 1. The van der Waals surface area contributed by atoms with Gasteiger partial charge in [0.05, 0.1) is 6.54 Å². The zero-order valence-corrected chi connectivity index (χ0v) is 9.34. The largest absolute Gasteiger partial charge is 0.364 e. The van der Waals surface area contributed by atoms with Crippen LogP contribution in [0.1, 0.15) is 26.0 Å². The summed E-state index contributed by atoms with van der Waals surface area (Å²) in [5, 5.41) is 2.85. The number of carbonyl (C=O) groups excluding carboxylic acids is 1. The predicted molar refractivity (Wildman–Crippen MR) is 60.1 cm³/mol. The highest BCUT2D eigenvalue weighted by Crippen LogP contribution is 2.17. The van der Waals surface area contributed by atoms with E-state index >= 15 is 0 Å². The van der Waals surface area contributed by atoms with E-state index in [-0.39, 0.29) is 11.3 Å². The van der Waals surface area contributed by atoms with Crippen LogP contribution in [0.15, 0.2) is 18.3 Å². The van der Waals surface area contributed by atoms with E-state index in [4.69, 9.17) is 5.73 Å². The molecule has 0 atom stereocenters. The standard InChI is InChI=1S/C11H19N3O/c1-11(2,8-12)6-10(15)14-7-9-4-3-5-13-9/h3-5,13H,6-8,12H2,1-2H3,(H,14,15). The van der Waals surface area contributed by atoms with Crippen LogP contribution in [0.2, 0.25) is 0 Å². The molecule has 0 saturated heterocycles. The van der Waals surface area contributed by atoms with E-state index in [0.717, 1.165) is 5.69 Å². The highest BCUT2D eigenvalue weighted by molar-refractivity contribution is 5.76. The smallest absolute Gasteiger partial charge is 0.220 e. The van der Waals surface area contributed by atoms with Gasteiger partial charge in [-0.2, -0.15) is 0 Å². The Morgan fingerprint density at radius 3 is 2.87 bits per heavy atom. The number of hydrogen-bond acceptors (Lipinski definition) is 2. The van der Waals surface area contributed by atoms with Crippen LogP contribution in [0.25, 0.3) is 0 Å². The van der Waals surface area contributed by atoms with Crippen LogP contribution in [0.5, 0.6) is 0 Å². The monoisotopic (exact) mass is 209 g/mol. The molecule has 0 saturated carbocycles. The zero-order valence-electron chi connectivity index (χ0n) is 9.34. The van der Waals surface area contributed by atoms with Crippen molar-refractivity contribution >= 4 is 5.91 Å². The van der Waals surface area contributed by atoms with Crippen LogP contribution in [-0.2, 0) is 11.3 Å². The first-order valence-electron chi connectivity index (χ1n) is 5.12. The van der Waals surface area contributed by atoms with Gasteiger partial charge in [-0.3, -0.25) is 4.79 Å². The zero-order chi connectivity index (χ0) is 11.3. The predicted octanol–water partition coefficient (Wildman–Crippen LogP) is 1.01. The summed E-state index contributed by atoms with van der Waals surface area (Å²) in [6.07, 6.45) is 2.30. The van der Waals surface area contributed by atoms with Crippen LogP contribution in [0.3, 0.4) is 0 Å². The van der Waals surface area contributed by atoms with Gasteiger partial charge in [0.15, 0.2) is 0 Å². The first kappa shape index (κ1) is 11.8. The third kappa shape index (κ3) is 4.16. The van der Waals surface area contributed by atoms with Gasteiger partial charge in [-0.25, -0.2) is 0 Å². The summed E-state index contributed by atoms with van der Waals surface area (Å²) >= 11 is 0. The number of H-pyrrole nitrogens is 1. The number of carbonyl (C=O) groups is 1. The van der Waals surface area contributed by atoms with Crippen molar-refractivity contribution in [1.82, 2.24) is 10.3 Å². The normalized spacial score (nSPS) is 11.4. The topological polar surface area (TPSA) is 70.9 Å². The van der Waals surface area contributed by atoms with Crippen LogP contribution >= 0.6 is 0 Å². The second-order valence-corrected chi connectivity index (χ2v) is 4.52. The number of amides is 1. The Balaban J connectivity index is 2.31. The number of hydrogen-bond donors (Lipinski definition) is 3. The molecule has 15 heavy (non-hydrogen) atoms. The lowest BCUT2D eigenvalue weighted by atomic mass is 9.89. The Bertz CT molecular complexity index is 304. The molecule has 4 N–H and O–H groups in total. The molecule has 0 aliphatic carbocycles. The maximum atomic E-state index is 11.5. The number of nitrogens with two attached hydrogens (primary N) is 1. The van der Waals surface area contributed by atoms with E-state index in [9.17, 15) is 4.79 Å². The lowest BCUT2D eigenvalue weighted by Gasteiger charge is -2.21. The maximum Gasteiger partial charge on any atom is 0.220 e. The van der Waals surface area contributed by atoms with E-state index in [1.807, 2.05) is 32.2 Å². The fraction of sp³-hybridized carbons (Fsp3) is 0.545. The molecule has 0 aliphatic heterocycles. The summed E-state index contributed by atoms with van der Waals surface area (Å²) in [5.74, 6) is 0.0417. The van der Waals surface area contributed by atoms with Crippen molar-refractivity contribution in [3.63, 3.8) is 0 Å². The van der Waals surface area contributed by atoms with Gasteiger partial charge in [0, 0.05) is 18.3 Å². The number of nitrogens with one attached hydrogen (secondary N) is 2. The van der Waals surface area contributed by atoms with Gasteiger partial charge >= 0.3 is 0 Å². The summed E-state index contributed by atoms with van der Waals surface area (Å²) in [7, 11) is 0. The summed E-state index contributed by atoms with van der Waals surface area (Å²) in [4.78, 5) is 14.6. The molecule has 0 unspecified atom stereocenters. The van der Waals surface area contributed by atoms with E-state index in [2.05, 4.69) is 10.3 Å². The van der Waals surface area contributed by atoms with E-state index < -0.39 is 0 Å². The third-order valence-electron chi connectivity index (χ3n) is 2.33. The average molecular weight is 209 g/mol. The van der Waals surface area contributed by atoms with Crippen LogP contribution in [0, 0.1) is 5.41 Å². The molecule has 4 heteroatoms. The van der Waals surface area contributed by atoms with Crippen molar-refractivity contribution in [2.75, 3.05) is 6.54 Å². The highest BCUT2D eigenvalue weighted by atomic mass is 16.1. The molecular formula is C11H19N3O. The van der Waals surface area contributed by atoms with Crippen LogP contribution < -0.4 is 11.1 Å². The molecule has 1 heterocycles. The van der Waals surface area contributed by atoms with E-state index in [0.29, 0.717) is 19.5 Å². The molecule has 1 rings (SSSR count). The SMILES string of the molecule is CC(C)(CN)CC(=O)NCc1ccc[nH]1. The van der Waals surface area contributed by atoms with Gasteiger partial charge in [0.25, 0.3) is 0 Å². The first-order chi connectivity index (χ1) is 7.03. The number of rotatable bonds is 5. The number of aromatic amines is 1. The summed E-state index contributed by atoms with van der Waals surface area (Å²) in [6.45, 7) is 5.04. The Morgan fingerprint density at radius 1 is 1.60 bits per heavy atom. The van der Waals surface area contributed by atoms with Crippen molar-refractivity contribution in [2.24, 2.45) is 11.1 Å². The van der Waals surface area contributed by atoms with Crippen molar-refractivity contribution in [1.29, 1.82) is 0 Å². The maximum absolute atomic E-state index is 11.5. The molecule has 1 amide bonds. The lowest BCUT2D eigenvalue weighted by molar-refractivity contribution is -0.123. The van der Waals surface area contributed by atoms with Crippen molar-refractivity contribution in [3.05, 3.63) is 24.0 Å². The van der Waals surface area contributed by atoms with Crippen molar-refractivity contribution in [3.8, 4) is 0 Å². The van der Waals surface area contributed by atoms with E-state index in [1.54, 1.807) is 0 Å². The highest BCUT2D eigenvalue weighted by Gasteiger charge is 2.19. The fourth-order valence-corrected chi connectivity index (χ4v) is 1.24. The lowest BCUT2D eigenvalue weighted by Crippen LogP contribution is -2.32. The third-order valence-corrected chi connectivity index (χ3v) is 2.33. The van der Waals surface area contributed by atoms with Gasteiger partial charge in [-0.1, -0.05) is 13.8 Å². The summed E-state index contributed by atoms with van der Waals surface area (Å²) in [5.41, 5.74) is 6.44. The summed E-state index contributed by atoms with van der Waals surface area (Å²) < 4.78 is 0. The van der Waals surface area contributed by atoms with Gasteiger partial charge < -0.3 is 16.0 Å². The Labute approximate surface area is 90.2 Å². The quantitative estimate of drug-likeness (QED) is 0.677. The van der Waals surface area contributed by atoms with Crippen molar-refractivity contribution < 1.29 is 4.79 Å². The average Bonchev–Trinajstić information content (AvgIpc) is 2.66. The minimum Gasteiger partial charge on any atom is -0.364 e. The minimum atomic E-state index is -0.125. The second kappa shape index (κ2) is 4.98. The van der Waals surface area contributed by atoms with Crippen LogP contribution in [0.4, 0.5) is 0 Å². The van der Waals surface area contributed by atoms with E-state index in [1.165, 1.54) is 0 Å². The second-order valence-electron chi connectivity index (χ2n) is 4.52. The molecule has 4 nitrogen and oxygen atoms in total. The Hall–Kier alpha value is -1.29. The van der Waals surface area contributed by atoms with Gasteiger partial charge in [-0.15, -0.1) is 0 Å². The van der Waals surface area contributed by atoms with Gasteiger partial charge in [0.1, 0.15) is 0 Å². The van der Waals surface area contributed by atoms with Crippen molar-refractivity contribution in [2.45, 2.75) is 26.8 Å². The molecular weight excluding hydrogens is 190 g/mol. The van der Waals surface area contributed by atoms with Gasteiger partial charge in [-0.05, 0) is 24.1 Å². The minimum absolute atomic E-state index is 0.0417. The molecule has 84 valence electrons. The van der Waals surface area contributed by atoms with Crippen LogP contribution in [-0.4, -0.2) is 17.4 Å². The Morgan fingerprint density at radius 2 is 2.33 bits per heavy atom. The molecule has 0 aromatic carbocycles. The molecule has 0 spiro atoms. The Kier molecular flexibility index (Phi) is 3.91. The molecule has 1 aromatic rings. The molecule has 0 radical (unpaired) electrons. The molecule has 0 bridgehead atoms. The van der Waals surface area contributed by atoms with Gasteiger partial charge in [0.2, 0.25) is 5.91 Å². The molecule has 1 aromatic heterocycles. The first-order valence-corrected chi connectivity index (χ1v) is 5.12. The summed E-state index contributed by atoms with van der Waals surface area (Å²) in [6, 6.07) is 3.85.